The van der Waals surface area contributed by atoms with Gasteiger partial charge in [-0.3, -0.25) is 4.98 Å². The Balaban J connectivity index is 2.04. The quantitative estimate of drug-likeness (QED) is 0.616. The Morgan fingerprint density at radius 3 is 2.55 bits per heavy atom. The van der Waals surface area contributed by atoms with Crippen molar-refractivity contribution in [1.29, 1.82) is 0 Å². The predicted octanol–water partition coefficient (Wildman–Crippen LogP) is 5.37. The molecule has 1 fully saturated rings. The van der Waals surface area contributed by atoms with E-state index in [0.29, 0.717) is 16.9 Å². The van der Waals surface area contributed by atoms with Crippen molar-refractivity contribution in [3.05, 3.63) is 38.1 Å². The summed E-state index contributed by atoms with van der Waals surface area (Å²) in [6.07, 6.45) is 6.63. The summed E-state index contributed by atoms with van der Waals surface area (Å²) in [5, 5.41) is 0.480. The topological polar surface area (TPSA) is 38.7 Å². The van der Waals surface area contributed by atoms with Crippen LogP contribution >= 0.6 is 43.5 Å². The molecule has 0 aliphatic heterocycles. The zero-order valence-corrected chi connectivity index (χ0v) is 14.5. The van der Waals surface area contributed by atoms with E-state index in [4.69, 9.17) is 11.6 Å². The van der Waals surface area contributed by atoms with Gasteiger partial charge in [-0.15, -0.1) is 0 Å². The summed E-state index contributed by atoms with van der Waals surface area (Å²) in [7, 11) is 0. The molecule has 0 amide bonds. The van der Waals surface area contributed by atoms with Crippen molar-refractivity contribution in [2.45, 2.75) is 31.6 Å². The van der Waals surface area contributed by atoms with Gasteiger partial charge in [-0.25, -0.2) is 9.97 Å². The van der Waals surface area contributed by atoms with Gasteiger partial charge in [0.1, 0.15) is 10.8 Å². The molecule has 104 valence electrons. The lowest BCUT2D eigenvalue weighted by Gasteiger charge is -2.11. The van der Waals surface area contributed by atoms with Crippen LogP contribution in [0, 0.1) is 0 Å². The van der Waals surface area contributed by atoms with Crippen molar-refractivity contribution >= 4 is 43.5 Å². The summed E-state index contributed by atoms with van der Waals surface area (Å²) in [5.74, 6) is 1.09. The zero-order chi connectivity index (χ0) is 14.1. The first-order valence-corrected chi connectivity index (χ1v) is 8.46. The van der Waals surface area contributed by atoms with E-state index in [1.165, 1.54) is 25.7 Å². The molecule has 2 aromatic heterocycles. The molecule has 0 unspecified atom stereocenters. The maximum Gasteiger partial charge on any atom is 0.181 e. The summed E-state index contributed by atoms with van der Waals surface area (Å²) in [6, 6.07) is 3.82. The van der Waals surface area contributed by atoms with Crippen LogP contribution in [0.4, 0.5) is 0 Å². The minimum atomic E-state index is 0.480. The molecule has 3 rings (SSSR count). The van der Waals surface area contributed by atoms with Crippen LogP contribution in [0.15, 0.2) is 27.3 Å². The minimum Gasteiger partial charge on any atom is -0.251 e. The third-order valence-electron chi connectivity index (χ3n) is 3.51. The average molecular weight is 418 g/mol. The molecule has 0 saturated heterocycles. The first-order valence-electron chi connectivity index (χ1n) is 6.49. The molecule has 0 spiro atoms. The van der Waals surface area contributed by atoms with Gasteiger partial charge >= 0.3 is 0 Å². The van der Waals surface area contributed by atoms with Gasteiger partial charge in [0.25, 0.3) is 0 Å². The van der Waals surface area contributed by atoms with E-state index in [-0.39, 0.29) is 0 Å². The van der Waals surface area contributed by atoms with E-state index in [9.17, 15) is 0 Å². The van der Waals surface area contributed by atoms with Crippen LogP contribution in [0.5, 0.6) is 0 Å². The Labute approximate surface area is 139 Å². The second-order valence-electron chi connectivity index (χ2n) is 4.90. The standard InChI is InChI=1S/C14H12Br2ClN3/c15-9-5-10(16)13(18-7-9)14-19-11(6-12(17)20-14)8-3-1-2-4-8/h5-8H,1-4H2. The second-order valence-corrected chi connectivity index (χ2v) is 7.06. The van der Waals surface area contributed by atoms with Crippen LogP contribution in [0.2, 0.25) is 5.15 Å². The zero-order valence-electron chi connectivity index (χ0n) is 10.6. The normalized spacial score (nSPS) is 15.8. The maximum atomic E-state index is 6.16. The number of nitrogens with zero attached hydrogens (tertiary/aromatic N) is 3. The highest BCUT2D eigenvalue weighted by atomic mass is 79.9. The van der Waals surface area contributed by atoms with Crippen LogP contribution in [0.3, 0.4) is 0 Å². The second kappa shape index (κ2) is 6.08. The number of hydrogen-bond donors (Lipinski definition) is 0. The van der Waals surface area contributed by atoms with Crippen LogP contribution in [-0.2, 0) is 0 Å². The molecular formula is C14H12Br2ClN3. The van der Waals surface area contributed by atoms with Crippen LogP contribution in [0.25, 0.3) is 11.5 Å². The first-order chi connectivity index (χ1) is 9.63. The molecule has 2 heterocycles. The van der Waals surface area contributed by atoms with Gasteiger partial charge in [0.2, 0.25) is 0 Å². The Hall–Kier alpha value is -0.520. The monoisotopic (exact) mass is 415 g/mol. The third kappa shape index (κ3) is 3.05. The maximum absolute atomic E-state index is 6.16. The molecule has 0 aromatic carbocycles. The predicted molar refractivity (Wildman–Crippen MR) is 86.9 cm³/mol. The number of halogens is 3. The smallest absolute Gasteiger partial charge is 0.181 e. The molecule has 0 N–H and O–H groups in total. The Morgan fingerprint density at radius 1 is 1.10 bits per heavy atom. The van der Waals surface area contributed by atoms with Gasteiger partial charge in [0.15, 0.2) is 5.82 Å². The van der Waals surface area contributed by atoms with Crippen molar-refractivity contribution in [3.8, 4) is 11.5 Å². The Morgan fingerprint density at radius 2 is 1.85 bits per heavy atom. The third-order valence-corrected chi connectivity index (χ3v) is 4.74. The van der Waals surface area contributed by atoms with Crippen LogP contribution in [-0.4, -0.2) is 15.0 Å². The molecule has 6 heteroatoms. The molecular weight excluding hydrogens is 405 g/mol. The summed E-state index contributed by atoms with van der Waals surface area (Å²) in [4.78, 5) is 13.4. The summed E-state index contributed by atoms with van der Waals surface area (Å²) < 4.78 is 1.76. The van der Waals surface area contributed by atoms with Crippen molar-refractivity contribution < 1.29 is 0 Å². The largest absolute Gasteiger partial charge is 0.251 e. The number of hydrogen-bond acceptors (Lipinski definition) is 3. The number of rotatable bonds is 2. The fraction of sp³-hybridized carbons (Fsp3) is 0.357. The van der Waals surface area contributed by atoms with E-state index in [1.807, 2.05) is 12.1 Å². The first kappa shape index (κ1) is 14.4. The number of pyridine rings is 1. The van der Waals surface area contributed by atoms with Crippen LogP contribution in [0.1, 0.15) is 37.3 Å². The molecule has 1 aliphatic rings. The molecule has 0 bridgehead atoms. The van der Waals surface area contributed by atoms with Crippen molar-refractivity contribution in [2.75, 3.05) is 0 Å². The fourth-order valence-electron chi connectivity index (χ4n) is 2.55. The molecule has 0 radical (unpaired) electrons. The molecule has 1 saturated carbocycles. The molecule has 0 atom stereocenters. The molecule has 2 aromatic rings. The minimum absolute atomic E-state index is 0.480. The van der Waals surface area contributed by atoms with Crippen molar-refractivity contribution in [2.24, 2.45) is 0 Å². The highest BCUT2D eigenvalue weighted by molar-refractivity contribution is 9.11. The van der Waals surface area contributed by atoms with Gasteiger partial charge in [-0.2, -0.15) is 0 Å². The SMILES string of the molecule is Clc1cc(C2CCCC2)nc(-c2ncc(Br)cc2Br)n1. The van der Waals surface area contributed by atoms with Crippen molar-refractivity contribution in [3.63, 3.8) is 0 Å². The van der Waals surface area contributed by atoms with Gasteiger partial charge in [0, 0.05) is 26.8 Å². The van der Waals surface area contributed by atoms with E-state index in [1.54, 1.807) is 6.20 Å². The highest BCUT2D eigenvalue weighted by Crippen LogP contribution is 2.35. The Kier molecular flexibility index (Phi) is 4.38. The lowest BCUT2D eigenvalue weighted by atomic mass is 10.0. The van der Waals surface area contributed by atoms with Crippen molar-refractivity contribution in [1.82, 2.24) is 15.0 Å². The van der Waals surface area contributed by atoms with Crippen LogP contribution < -0.4 is 0 Å². The lowest BCUT2D eigenvalue weighted by Crippen LogP contribution is -2.01. The lowest BCUT2D eigenvalue weighted by molar-refractivity contribution is 0.695. The van der Waals surface area contributed by atoms with Gasteiger partial charge < -0.3 is 0 Å². The van der Waals surface area contributed by atoms with E-state index < -0.39 is 0 Å². The molecule has 20 heavy (non-hydrogen) atoms. The summed E-state index contributed by atoms with van der Waals surface area (Å²) >= 11 is 13.1. The highest BCUT2D eigenvalue weighted by Gasteiger charge is 2.21. The number of aromatic nitrogens is 3. The fourth-order valence-corrected chi connectivity index (χ4v) is 3.91. The Bertz CT molecular complexity index is 642. The molecule has 3 nitrogen and oxygen atoms in total. The van der Waals surface area contributed by atoms with E-state index >= 15 is 0 Å². The average Bonchev–Trinajstić information content (AvgIpc) is 2.91. The van der Waals surface area contributed by atoms with Gasteiger partial charge in [0.05, 0.1) is 0 Å². The van der Waals surface area contributed by atoms with Gasteiger partial charge in [-0.05, 0) is 56.8 Å². The van der Waals surface area contributed by atoms with E-state index in [2.05, 4.69) is 46.8 Å². The molecule has 1 aliphatic carbocycles. The summed E-state index contributed by atoms with van der Waals surface area (Å²) in [5.41, 5.74) is 1.75. The van der Waals surface area contributed by atoms with Gasteiger partial charge in [-0.1, -0.05) is 24.4 Å². The summed E-state index contributed by atoms with van der Waals surface area (Å²) in [6.45, 7) is 0. The van der Waals surface area contributed by atoms with E-state index in [0.717, 1.165) is 20.3 Å².